The minimum atomic E-state index is -0.0414. The largest absolute Gasteiger partial charge is 0.493 e. The van der Waals surface area contributed by atoms with Crippen LogP contribution in [-0.2, 0) is 19.5 Å². The lowest BCUT2D eigenvalue weighted by molar-refractivity contribution is 0.135. The molecular formula is C21H26N4O3. The summed E-state index contributed by atoms with van der Waals surface area (Å²) in [6.07, 6.45) is 2.68. The number of ether oxygens (including phenoxy) is 2. The molecule has 3 heterocycles. The van der Waals surface area contributed by atoms with E-state index in [1.165, 1.54) is 11.1 Å². The van der Waals surface area contributed by atoms with Gasteiger partial charge in [0.2, 0.25) is 5.88 Å². The molecule has 1 saturated heterocycles. The van der Waals surface area contributed by atoms with Crippen LogP contribution < -0.4 is 14.8 Å². The van der Waals surface area contributed by atoms with Crippen molar-refractivity contribution in [3.63, 3.8) is 0 Å². The number of benzene rings is 1. The molecule has 1 aromatic heterocycles. The van der Waals surface area contributed by atoms with Crippen molar-refractivity contribution in [2.75, 3.05) is 39.9 Å². The molecule has 7 heteroatoms. The number of pyridine rings is 1. The Hall–Kier alpha value is -2.80. The topological polar surface area (TPSA) is 66.9 Å². The predicted octanol–water partition coefficient (Wildman–Crippen LogP) is 2.05. The van der Waals surface area contributed by atoms with Crippen LogP contribution >= 0.6 is 0 Å². The van der Waals surface area contributed by atoms with Gasteiger partial charge in [-0.15, -0.1) is 0 Å². The fourth-order valence-corrected chi connectivity index (χ4v) is 3.73. The lowest BCUT2D eigenvalue weighted by Gasteiger charge is -2.34. The first-order valence-corrected chi connectivity index (χ1v) is 9.70. The molecule has 2 amide bonds. The Labute approximate surface area is 165 Å². The number of urea groups is 1. The van der Waals surface area contributed by atoms with E-state index in [-0.39, 0.29) is 6.03 Å². The van der Waals surface area contributed by atoms with Crippen molar-refractivity contribution in [1.29, 1.82) is 0 Å². The molecule has 1 N–H and O–H groups in total. The van der Waals surface area contributed by atoms with Crippen molar-refractivity contribution in [2.24, 2.45) is 0 Å². The normalized spacial score (nSPS) is 16.4. The van der Waals surface area contributed by atoms with Gasteiger partial charge in [-0.3, -0.25) is 4.90 Å². The van der Waals surface area contributed by atoms with E-state index in [1.54, 1.807) is 13.3 Å². The van der Waals surface area contributed by atoms with Gasteiger partial charge in [-0.2, -0.15) is 0 Å². The quantitative estimate of drug-likeness (QED) is 0.857. The number of rotatable bonds is 5. The molecule has 2 aromatic rings. The third kappa shape index (κ3) is 4.20. The Kier molecular flexibility index (Phi) is 5.62. The second-order valence-corrected chi connectivity index (χ2v) is 7.13. The number of hydrogen-bond donors (Lipinski definition) is 1. The predicted molar refractivity (Wildman–Crippen MR) is 106 cm³/mol. The first kappa shape index (κ1) is 18.6. The number of hydrogen-bond acceptors (Lipinski definition) is 5. The van der Waals surface area contributed by atoms with Crippen LogP contribution in [0.1, 0.15) is 16.7 Å². The van der Waals surface area contributed by atoms with Gasteiger partial charge < -0.3 is 19.7 Å². The fraction of sp³-hybridized carbons (Fsp3) is 0.429. The number of carbonyl (C=O) groups excluding carboxylic acids is 1. The molecule has 2 aliphatic rings. The van der Waals surface area contributed by atoms with Crippen LogP contribution in [-0.4, -0.2) is 60.7 Å². The summed E-state index contributed by atoms with van der Waals surface area (Å²) in [6.45, 7) is 5.31. The number of amides is 2. The summed E-state index contributed by atoms with van der Waals surface area (Å²) in [7, 11) is 1.58. The summed E-state index contributed by atoms with van der Waals surface area (Å²) in [5, 5.41) is 2.97. The lowest BCUT2D eigenvalue weighted by Crippen LogP contribution is -2.51. The van der Waals surface area contributed by atoms with E-state index >= 15 is 0 Å². The zero-order valence-electron chi connectivity index (χ0n) is 16.2. The van der Waals surface area contributed by atoms with Crippen LogP contribution in [0, 0.1) is 0 Å². The fourth-order valence-electron chi connectivity index (χ4n) is 3.73. The minimum Gasteiger partial charge on any atom is -0.493 e. The molecule has 0 bridgehead atoms. The average Bonchev–Trinajstić information content (AvgIpc) is 3.20. The molecule has 28 heavy (non-hydrogen) atoms. The van der Waals surface area contributed by atoms with Crippen LogP contribution in [0.15, 0.2) is 36.5 Å². The maximum atomic E-state index is 12.5. The van der Waals surface area contributed by atoms with Gasteiger partial charge in [-0.1, -0.05) is 18.2 Å². The molecule has 4 rings (SSSR count). The van der Waals surface area contributed by atoms with E-state index in [4.69, 9.17) is 9.47 Å². The Morgan fingerprint density at radius 2 is 2.11 bits per heavy atom. The minimum absolute atomic E-state index is 0.0414. The van der Waals surface area contributed by atoms with Gasteiger partial charge in [0.05, 0.1) is 13.7 Å². The van der Waals surface area contributed by atoms with Crippen molar-refractivity contribution in [2.45, 2.75) is 19.5 Å². The Balaban J connectivity index is 1.25. The molecular weight excluding hydrogens is 356 g/mol. The molecule has 7 nitrogen and oxygen atoms in total. The third-order valence-electron chi connectivity index (χ3n) is 5.29. The molecule has 0 spiro atoms. The van der Waals surface area contributed by atoms with E-state index in [0.717, 1.165) is 57.1 Å². The van der Waals surface area contributed by atoms with Gasteiger partial charge in [0.15, 0.2) is 0 Å². The average molecular weight is 382 g/mol. The maximum Gasteiger partial charge on any atom is 0.317 e. The zero-order chi connectivity index (χ0) is 19.3. The molecule has 0 atom stereocenters. The van der Waals surface area contributed by atoms with Gasteiger partial charge in [-0.25, -0.2) is 9.78 Å². The molecule has 148 valence electrons. The van der Waals surface area contributed by atoms with E-state index < -0.39 is 0 Å². The number of piperazine rings is 1. The van der Waals surface area contributed by atoms with Crippen molar-refractivity contribution >= 4 is 6.03 Å². The zero-order valence-corrected chi connectivity index (χ0v) is 16.2. The monoisotopic (exact) mass is 382 g/mol. The van der Waals surface area contributed by atoms with Crippen molar-refractivity contribution in [1.82, 2.24) is 20.1 Å². The summed E-state index contributed by atoms with van der Waals surface area (Å²) < 4.78 is 10.8. The van der Waals surface area contributed by atoms with Crippen LogP contribution in [0.25, 0.3) is 0 Å². The summed E-state index contributed by atoms with van der Waals surface area (Å²) in [6, 6.07) is 10.2. The first-order valence-electron chi connectivity index (χ1n) is 9.70. The van der Waals surface area contributed by atoms with Gasteiger partial charge in [0, 0.05) is 57.4 Å². The standard InChI is InChI=1S/C21H26N4O3/c1-27-20-18(3-2-7-22-20)14-23-21(26)25-10-8-24(9-11-25)15-16-4-5-19-17(13-16)6-12-28-19/h2-5,7,13H,6,8-12,14-15H2,1H3,(H,23,26). The van der Waals surface area contributed by atoms with E-state index in [1.807, 2.05) is 17.0 Å². The second kappa shape index (κ2) is 8.48. The van der Waals surface area contributed by atoms with Crippen molar-refractivity contribution < 1.29 is 14.3 Å². The Morgan fingerprint density at radius 3 is 2.93 bits per heavy atom. The molecule has 2 aliphatic heterocycles. The highest BCUT2D eigenvalue weighted by Gasteiger charge is 2.22. The van der Waals surface area contributed by atoms with E-state index in [0.29, 0.717) is 12.4 Å². The maximum absolute atomic E-state index is 12.5. The van der Waals surface area contributed by atoms with E-state index in [2.05, 4.69) is 33.4 Å². The number of fused-ring (bicyclic) bond motifs is 1. The number of methoxy groups -OCH3 is 1. The summed E-state index contributed by atoms with van der Waals surface area (Å²) >= 11 is 0. The molecule has 1 fully saturated rings. The van der Waals surface area contributed by atoms with E-state index in [9.17, 15) is 4.79 Å². The summed E-state index contributed by atoms with van der Waals surface area (Å²) in [4.78, 5) is 20.9. The SMILES string of the molecule is COc1ncccc1CNC(=O)N1CCN(Cc2ccc3c(c2)CCO3)CC1. The third-order valence-corrected chi connectivity index (χ3v) is 5.29. The van der Waals surface area contributed by atoms with Crippen LogP contribution in [0.5, 0.6) is 11.6 Å². The number of carbonyl (C=O) groups is 1. The smallest absolute Gasteiger partial charge is 0.317 e. The Morgan fingerprint density at radius 1 is 1.25 bits per heavy atom. The number of aromatic nitrogens is 1. The highest BCUT2D eigenvalue weighted by atomic mass is 16.5. The molecule has 1 aromatic carbocycles. The van der Waals surface area contributed by atoms with Gasteiger partial charge in [0.25, 0.3) is 0 Å². The van der Waals surface area contributed by atoms with Gasteiger partial charge >= 0.3 is 6.03 Å². The molecule has 0 aliphatic carbocycles. The molecule has 0 radical (unpaired) electrons. The Bertz CT molecular complexity index is 834. The number of nitrogens with one attached hydrogen (secondary N) is 1. The van der Waals surface area contributed by atoms with Crippen molar-refractivity contribution in [3.05, 3.63) is 53.2 Å². The lowest BCUT2D eigenvalue weighted by atomic mass is 10.1. The summed E-state index contributed by atoms with van der Waals surface area (Å²) in [5.41, 5.74) is 3.49. The van der Waals surface area contributed by atoms with Crippen LogP contribution in [0.4, 0.5) is 4.79 Å². The van der Waals surface area contributed by atoms with Crippen LogP contribution in [0.3, 0.4) is 0 Å². The second-order valence-electron chi connectivity index (χ2n) is 7.13. The van der Waals surface area contributed by atoms with Crippen molar-refractivity contribution in [3.8, 4) is 11.6 Å². The first-order chi connectivity index (χ1) is 13.7. The highest BCUT2D eigenvalue weighted by molar-refractivity contribution is 5.74. The van der Waals surface area contributed by atoms with Gasteiger partial charge in [0.1, 0.15) is 5.75 Å². The highest BCUT2D eigenvalue weighted by Crippen LogP contribution is 2.26. The summed E-state index contributed by atoms with van der Waals surface area (Å²) in [5.74, 6) is 1.57. The van der Waals surface area contributed by atoms with Crippen LogP contribution in [0.2, 0.25) is 0 Å². The number of nitrogens with zero attached hydrogens (tertiary/aromatic N) is 3. The molecule has 0 unspecified atom stereocenters. The molecule has 0 saturated carbocycles. The van der Waals surface area contributed by atoms with Gasteiger partial charge in [-0.05, 0) is 23.3 Å².